The van der Waals surface area contributed by atoms with E-state index in [0.717, 1.165) is 16.5 Å². The summed E-state index contributed by atoms with van der Waals surface area (Å²) < 4.78 is 1.03. The fourth-order valence-corrected chi connectivity index (χ4v) is 1.98. The van der Waals surface area contributed by atoms with E-state index in [1.807, 2.05) is 32.0 Å². The monoisotopic (exact) mass is 271 g/mol. The topological polar surface area (TPSA) is 46.2 Å². The van der Waals surface area contributed by atoms with Gasteiger partial charge in [-0.05, 0) is 37.1 Å². The van der Waals surface area contributed by atoms with E-state index in [1.54, 1.807) is 0 Å². The SMILES string of the molecule is CCC(CN)C(O)c1ccc(C)c(Br)c1. The molecule has 1 aromatic carbocycles. The first kappa shape index (κ1) is 12.7. The Bertz CT molecular complexity index is 323. The zero-order chi connectivity index (χ0) is 11.4. The van der Waals surface area contributed by atoms with Crippen molar-refractivity contribution in [3.8, 4) is 0 Å². The third kappa shape index (κ3) is 3.03. The summed E-state index contributed by atoms with van der Waals surface area (Å²) >= 11 is 3.46. The Hall–Kier alpha value is -0.380. The van der Waals surface area contributed by atoms with Crippen molar-refractivity contribution in [2.75, 3.05) is 6.54 Å². The van der Waals surface area contributed by atoms with Crippen LogP contribution < -0.4 is 5.73 Å². The molecular weight excluding hydrogens is 254 g/mol. The quantitative estimate of drug-likeness (QED) is 0.885. The predicted molar refractivity (Wildman–Crippen MR) is 66.7 cm³/mol. The largest absolute Gasteiger partial charge is 0.388 e. The number of halogens is 1. The van der Waals surface area contributed by atoms with E-state index >= 15 is 0 Å². The second-order valence-electron chi connectivity index (χ2n) is 3.86. The first-order chi connectivity index (χ1) is 7.10. The molecule has 0 amide bonds. The highest BCUT2D eigenvalue weighted by Gasteiger charge is 2.18. The minimum Gasteiger partial charge on any atom is -0.388 e. The van der Waals surface area contributed by atoms with Crippen molar-refractivity contribution in [2.45, 2.75) is 26.4 Å². The fraction of sp³-hybridized carbons (Fsp3) is 0.500. The van der Waals surface area contributed by atoms with Crippen molar-refractivity contribution in [1.29, 1.82) is 0 Å². The van der Waals surface area contributed by atoms with Crippen LogP contribution in [0.15, 0.2) is 22.7 Å². The number of hydrogen-bond donors (Lipinski definition) is 2. The van der Waals surface area contributed by atoms with E-state index in [2.05, 4.69) is 15.9 Å². The van der Waals surface area contributed by atoms with Gasteiger partial charge in [-0.15, -0.1) is 0 Å². The van der Waals surface area contributed by atoms with E-state index < -0.39 is 6.10 Å². The molecule has 0 saturated carbocycles. The van der Waals surface area contributed by atoms with Gasteiger partial charge in [-0.1, -0.05) is 35.0 Å². The lowest BCUT2D eigenvalue weighted by Gasteiger charge is -2.20. The normalized spacial score (nSPS) is 15.0. The summed E-state index contributed by atoms with van der Waals surface area (Å²) in [5.74, 6) is 0.139. The van der Waals surface area contributed by atoms with Gasteiger partial charge in [0.05, 0.1) is 6.10 Å². The van der Waals surface area contributed by atoms with Crippen LogP contribution in [0.2, 0.25) is 0 Å². The Morgan fingerprint density at radius 3 is 2.60 bits per heavy atom. The molecule has 2 nitrogen and oxygen atoms in total. The number of aryl methyl sites for hydroxylation is 1. The van der Waals surface area contributed by atoms with E-state index in [9.17, 15) is 5.11 Å². The molecule has 84 valence electrons. The van der Waals surface area contributed by atoms with Crippen LogP contribution in [-0.2, 0) is 0 Å². The Kier molecular flexibility index (Phi) is 4.77. The summed E-state index contributed by atoms with van der Waals surface area (Å²) in [6.07, 6.45) is 0.431. The van der Waals surface area contributed by atoms with Crippen LogP contribution in [-0.4, -0.2) is 11.7 Å². The van der Waals surface area contributed by atoms with Crippen LogP contribution in [0.5, 0.6) is 0 Å². The van der Waals surface area contributed by atoms with Crippen LogP contribution in [0.1, 0.15) is 30.6 Å². The summed E-state index contributed by atoms with van der Waals surface area (Å²) in [5, 5.41) is 10.1. The molecule has 3 heteroatoms. The maximum Gasteiger partial charge on any atom is 0.0830 e. The van der Waals surface area contributed by atoms with Crippen LogP contribution in [0.4, 0.5) is 0 Å². The number of aliphatic hydroxyl groups excluding tert-OH is 1. The standard InChI is InChI=1S/C12H18BrNO/c1-3-9(7-14)12(15)10-5-4-8(2)11(13)6-10/h4-6,9,12,15H,3,7,14H2,1-2H3. The zero-order valence-electron chi connectivity index (χ0n) is 9.20. The number of aliphatic hydroxyl groups is 1. The van der Waals surface area contributed by atoms with Crippen molar-refractivity contribution in [3.63, 3.8) is 0 Å². The van der Waals surface area contributed by atoms with Gasteiger partial charge >= 0.3 is 0 Å². The number of benzene rings is 1. The molecule has 0 aromatic heterocycles. The second-order valence-corrected chi connectivity index (χ2v) is 4.71. The van der Waals surface area contributed by atoms with E-state index in [0.29, 0.717) is 6.54 Å². The van der Waals surface area contributed by atoms with Crippen molar-refractivity contribution < 1.29 is 5.11 Å². The van der Waals surface area contributed by atoms with Gasteiger partial charge < -0.3 is 10.8 Å². The highest BCUT2D eigenvalue weighted by Crippen LogP contribution is 2.27. The minimum absolute atomic E-state index is 0.139. The summed E-state index contributed by atoms with van der Waals surface area (Å²) in [6.45, 7) is 4.59. The molecule has 2 unspecified atom stereocenters. The van der Waals surface area contributed by atoms with Crippen LogP contribution in [0.3, 0.4) is 0 Å². The highest BCUT2D eigenvalue weighted by atomic mass is 79.9. The van der Waals surface area contributed by atoms with Crippen molar-refractivity contribution >= 4 is 15.9 Å². The van der Waals surface area contributed by atoms with E-state index in [1.165, 1.54) is 5.56 Å². The van der Waals surface area contributed by atoms with Gasteiger partial charge in [0.25, 0.3) is 0 Å². The Morgan fingerprint density at radius 2 is 2.13 bits per heavy atom. The molecule has 0 spiro atoms. The van der Waals surface area contributed by atoms with Gasteiger partial charge in [0.15, 0.2) is 0 Å². The molecule has 0 fully saturated rings. The van der Waals surface area contributed by atoms with Gasteiger partial charge in [0.1, 0.15) is 0 Å². The summed E-state index contributed by atoms with van der Waals surface area (Å²) in [5.41, 5.74) is 7.73. The maximum atomic E-state index is 10.1. The lowest BCUT2D eigenvalue weighted by Crippen LogP contribution is -2.21. The molecule has 15 heavy (non-hydrogen) atoms. The van der Waals surface area contributed by atoms with Gasteiger partial charge in [-0.25, -0.2) is 0 Å². The molecule has 0 aliphatic rings. The molecule has 0 aliphatic heterocycles. The first-order valence-electron chi connectivity index (χ1n) is 5.24. The highest BCUT2D eigenvalue weighted by molar-refractivity contribution is 9.10. The average Bonchev–Trinajstić information content (AvgIpc) is 2.23. The minimum atomic E-state index is -0.461. The average molecular weight is 272 g/mol. The molecule has 0 aliphatic carbocycles. The predicted octanol–water partition coefficient (Wildman–Crippen LogP) is 2.78. The first-order valence-corrected chi connectivity index (χ1v) is 6.03. The number of hydrogen-bond acceptors (Lipinski definition) is 2. The number of rotatable bonds is 4. The molecule has 3 N–H and O–H groups in total. The van der Waals surface area contributed by atoms with Gasteiger partial charge in [-0.2, -0.15) is 0 Å². The third-order valence-corrected chi connectivity index (χ3v) is 3.67. The molecule has 2 atom stereocenters. The fourth-order valence-electron chi connectivity index (χ4n) is 1.58. The van der Waals surface area contributed by atoms with Crippen molar-refractivity contribution in [2.24, 2.45) is 11.7 Å². The van der Waals surface area contributed by atoms with E-state index in [-0.39, 0.29) is 5.92 Å². The Morgan fingerprint density at radius 1 is 1.47 bits per heavy atom. The Balaban J connectivity index is 2.90. The molecule has 0 saturated heterocycles. The van der Waals surface area contributed by atoms with Gasteiger partial charge in [0.2, 0.25) is 0 Å². The molecule has 1 rings (SSSR count). The molecule has 0 bridgehead atoms. The van der Waals surface area contributed by atoms with Crippen LogP contribution in [0, 0.1) is 12.8 Å². The lowest BCUT2D eigenvalue weighted by atomic mass is 9.93. The zero-order valence-corrected chi connectivity index (χ0v) is 10.8. The lowest BCUT2D eigenvalue weighted by molar-refractivity contribution is 0.110. The molecule has 0 radical (unpaired) electrons. The Labute approximate surface area is 99.6 Å². The molecule has 0 heterocycles. The van der Waals surface area contributed by atoms with Crippen LogP contribution in [0.25, 0.3) is 0 Å². The number of nitrogens with two attached hydrogens (primary N) is 1. The van der Waals surface area contributed by atoms with Gasteiger partial charge in [0, 0.05) is 10.4 Å². The summed E-state index contributed by atoms with van der Waals surface area (Å²) in [4.78, 5) is 0. The van der Waals surface area contributed by atoms with Crippen molar-refractivity contribution in [3.05, 3.63) is 33.8 Å². The summed E-state index contributed by atoms with van der Waals surface area (Å²) in [7, 11) is 0. The van der Waals surface area contributed by atoms with E-state index in [4.69, 9.17) is 5.73 Å². The third-order valence-electron chi connectivity index (χ3n) is 2.81. The molecular formula is C12H18BrNO. The van der Waals surface area contributed by atoms with Crippen molar-refractivity contribution in [1.82, 2.24) is 0 Å². The second kappa shape index (κ2) is 5.64. The van der Waals surface area contributed by atoms with Crippen LogP contribution >= 0.6 is 15.9 Å². The van der Waals surface area contributed by atoms with Gasteiger partial charge in [-0.3, -0.25) is 0 Å². The smallest absolute Gasteiger partial charge is 0.0830 e. The molecule has 1 aromatic rings. The maximum absolute atomic E-state index is 10.1. The summed E-state index contributed by atoms with van der Waals surface area (Å²) in [6, 6.07) is 5.94.